The molecule has 0 aliphatic rings. The fourth-order valence-corrected chi connectivity index (χ4v) is 0.596. The molecule has 0 amide bonds. The van der Waals surface area contributed by atoms with Crippen molar-refractivity contribution >= 4 is 11.6 Å². The Morgan fingerprint density at radius 2 is 1.62 bits per heavy atom. The zero-order valence-corrected chi connectivity index (χ0v) is 6.74. The molecule has 0 aromatic carbocycles. The van der Waals surface area contributed by atoms with Crippen LogP contribution in [0.1, 0.15) is 13.8 Å². The Bertz CT molecular complexity index is 53.5. The van der Waals surface area contributed by atoms with E-state index in [0.29, 0.717) is 5.92 Å². The van der Waals surface area contributed by atoms with Crippen LogP contribution in [0.4, 0.5) is 0 Å². The van der Waals surface area contributed by atoms with Crippen molar-refractivity contribution in [3.63, 3.8) is 0 Å². The van der Waals surface area contributed by atoms with E-state index < -0.39 is 0 Å². The highest BCUT2D eigenvalue weighted by Gasteiger charge is 2.09. The van der Waals surface area contributed by atoms with Crippen LogP contribution in [0, 0.1) is 5.92 Å². The van der Waals surface area contributed by atoms with E-state index in [1.807, 2.05) is 19.0 Å². The molecule has 0 saturated carbocycles. The summed E-state index contributed by atoms with van der Waals surface area (Å²) in [7, 11) is 3.97. The maximum absolute atomic E-state index is 5.88. The number of halogens is 1. The van der Waals surface area contributed by atoms with Crippen molar-refractivity contribution in [2.45, 2.75) is 19.3 Å². The van der Waals surface area contributed by atoms with Crippen molar-refractivity contribution in [1.82, 2.24) is 4.90 Å². The Morgan fingerprint density at radius 3 is 1.62 bits per heavy atom. The van der Waals surface area contributed by atoms with Gasteiger partial charge in [-0.25, -0.2) is 0 Å². The van der Waals surface area contributed by atoms with E-state index in [2.05, 4.69) is 13.8 Å². The summed E-state index contributed by atoms with van der Waals surface area (Å²) in [6, 6.07) is 0. The summed E-state index contributed by atoms with van der Waals surface area (Å²) < 4.78 is 0. The standard InChI is InChI=1S/C6H14ClN/c1-5(2)6(7)8(3)4/h5-6H,1-4H3/t6-/m0/s1. The van der Waals surface area contributed by atoms with Gasteiger partial charge in [-0.05, 0) is 20.0 Å². The molecule has 0 unspecified atom stereocenters. The van der Waals surface area contributed by atoms with Gasteiger partial charge in [0.05, 0.1) is 5.50 Å². The highest BCUT2D eigenvalue weighted by atomic mass is 35.5. The minimum atomic E-state index is 0.176. The predicted octanol–water partition coefficient (Wildman–Crippen LogP) is 1.77. The van der Waals surface area contributed by atoms with Crippen LogP contribution in [0.15, 0.2) is 0 Å². The van der Waals surface area contributed by atoms with Gasteiger partial charge in [-0.1, -0.05) is 13.8 Å². The first kappa shape index (κ1) is 8.25. The molecule has 8 heavy (non-hydrogen) atoms. The Morgan fingerprint density at radius 1 is 1.25 bits per heavy atom. The molecule has 1 nitrogen and oxygen atoms in total. The molecule has 0 bridgehead atoms. The molecular formula is C6H14ClN. The smallest absolute Gasteiger partial charge is 0.0868 e. The zero-order valence-electron chi connectivity index (χ0n) is 5.98. The van der Waals surface area contributed by atoms with Gasteiger partial charge in [-0.2, -0.15) is 0 Å². The van der Waals surface area contributed by atoms with Gasteiger partial charge in [0.1, 0.15) is 0 Å². The van der Waals surface area contributed by atoms with Crippen LogP contribution in [0.25, 0.3) is 0 Å². The quantitative estimate of drug-likeness (QED) is 0.412. The summed E-state index contributed by atoms with van der Waals surface area (Å²) in [5.41, 5.74) is 0.176. The third kappa shape index (κ3) is 2.53. The second-order valence-corrected chi connectivity index (χ2v) is 3.03. The van der Waals surface area contributed by atoms with Crippen LogP contribution in [0.3, 0.4) is 0 Å². The molecule has 0 heterocycles. The Balaban J connectivity index is 3.46. The molecule has 0 aromatic rings. The number of hydrogen-bond donors (Lipinski definition) is 0. The number of nitrogens with zero attached hydrogens (tertiary/aromatic N) is 1. The van der Waals surface area contributed by atoms with Gasteiger partial charge in [0.15, 0.2) is 0 Å². The van der Waals surface area contributed by atoms with Crippen molar-refractivity contribution in [3.05, 3.63) is 0 Å². The van der Waals surface area contributed by atoms with Crippen LogP contribution in [-0.2, 0) is 0 Å². The molecule has 2 heteroatoms. The molecule has 0 aromatic heterocycles. The zero-order chi connectivity index (χ0) is 6.73. The molecule has 0 aliphatic heterocycles. The van der Waals surface area contributed by atoms with Crippen molar-refractivity contribution in [2.24, 2.45) is 5.92 Å². The third-order valence-corrected chi connectivity index (χ3v) is 1.94. The summed E-state index contributed by atoms with van der Waals surface area (Å²) in [6.07, 6.45) is 0. The highest BCUT2D eigenvalue weighted by molar-refractivity contribution is 6.20. The van der Waals surface area contributed by atoms with Crippen molar-refractivity contribution in [2.75, 3.05) is 14.1 Å². The SMILES string of the molecule is CC(C)[C@@H](Cl)N(C)C. The number of rotatable bonds is 2. The summed E-state index contributed by atoms with van der Waals surface area (Å²) in [6.45, 7) is 4.22. The molecule has 0 radical (unpaired) electrons. The molecule has 0 rings (SSSR count). The van der Waals surface area contributed by atoms with E-state index >= 15 is 0 Å². The van der Waals surface area contributed by atoms with Crippen molar-refractivity contribution in [3.8, 4) is 0 Å². The largest absolute Gasteiger partial charge is 0.293 e. The van der Waals surface area contributed by atoms with E-state index in [0.717, 1.165) is 0 Å². The van der Waals surface area contributed by atoms with Gasteiger partial charge in [-0.15, -0.1) is 11.6 Å². The molecule has 0 saturated heterocycles. The van der Waals surface area contributed by atoms with Crippen molar-refractivity contribution < 1.29 is 0 Å². The first-order chi connectivity index (χ1) is 3.55. The Kier molecular flexibility index (Phi) is 3.41. The molecule has 1 atom stereocenters. The maximum Gasteiger partial charge on any atom is 0.0868 e. The van der Waals surface area contributed by atoms with Crippen LogP contribution in [0.2, 0.25) is 0 Å². The van der Waals surface area contributed by atoms with Gasteiger partial charge in [0, 0.05) is 0 Å². The number of hydrogen-bond acceptors (Lipinski definition) is 1. The summed E-state index contributed by atoms with van der Waals surface area (Å²) in [4.78, 5) is 2.01. The third-order valence-electron chi connectivity index (χ3n) is 1.04. The lowest BCUT2D eigenvalue weighted by Gasteiger charge is -2.20. The average Bonchev–Trinajstić information content (AvgIpc) is 1.64. The minimum absolute atomic E-state index is 0.176. The van der Waals surface area contributed by atoms with Gasteiger partial charge in [0.25, 0.3) is 0 Å². The average molecular weight is 136 g/mol. The van der Waals surface area contributed by atoms with E-state index in [4.69, 9.17) is 11.6 Å². The monoisotopic (exact) mass is 135 g/mol. The lowest BCUT2D eigenvalue weighted by atomic mass is 10.2. The maximum atomic E-state index is 5.88. The number of alkyl halides is 1. The molecule has 0 N–H and O–H groups in total. The lowest BCUT2D eigenvalue weighted by molar-refractivity contribution is 0.313. The fraction of sp³-hybridized carbons (Fsp3) is 1.00. The highest BCUT2D eigenvalue weighted by Crippen LogP contribution is 2.10. The molecule has 0 spiro atoms. The Labute approximate surface area is 56.6 Å². The van der Waals surface area contributed by atoms with Crippen molar-refractivity contribution in [1.29, 1.82) is 0 Å². The van der Waals surface area contributed by atoms with Gasteiger partial charge < -0.3 is 0 Å². The molecule has 0 fully saturated rings. The minimum Gasteiger partial charge on any atom is -0.293 e. The predicted molar refractivity (Wildman–Crippen MR) is 38.2 cm³/mol. The van der Waals surface area contributed by atoms with Crippen LogP contribution >= 0.6 is 11.6 Å². The van der Waals surface area contributed by atoms with Crippen LogP contribution in [-0.4, -0.2) is 24.5 Å². The molecule has 50 valence electrons. The van der Waals surface area contributed by atoms with Crippen LogP contribution < -0.4 is 0 Å². The van der Waals surface area contributed by atoms with E-state index in [9.17, 15) is 0 Å². The molecular weight excluding hydrogens is 122 g/mol. The Hall–Kier alpha value is 0.250. The van der Waals surface area contributed by atoms with Gasteiger partial charge in [0.2, 0.25) is 0 Å². The lowest BCUT2D eigenvalue weighted by Crippen LogP contribution is -2.26. The van der Waals surface area contributed by atoms with Gasteiger partial charge >= 0.3 is 0 Å². The summed E-state index contributed by atoms with van der Waals surface area (Å²) >= 11 is 5.88. The summed E-state index contributed by atoms with van der Waals surface area (Å²) in [5.74, 6) is 0.534. The first-order valence-corrected chi connectivity index (χ1v) is 3.30. The van der Waals surface area contributed by atoms with E-state index in [1.165, 1.54) is 0 Å². The van der Waals surface area contributed by atoms with Gasteiger partial charge in [-0.3, -0.25) is 4.90 Å². The second-order valence-electron chi connectivity index (χ2n) is 2.58. The topological polar surface area (TPSA) is 3.24 Å². The summed E-state index contributed by atoms with van der Waals surface area (Å²) in [5, 5.41) is 0. The fourth-order valence-electron chi connectivity index (χ4n) is 0.596. The normalized spacial score (nSPS) is 15.4. The molecule has 0 aliphatic carbocycles. The first-order valence-electron chi connectivity index (χ1n) is 2.86. The van der Waals surface area contributed by atoms with Crippen LogP contribution in [0.5, 0.6) is 0 Å². The van der Waals surface area contributed by atoms with E-state index in [1.54, 1.807) is 0 Å². The second kappa shape index (κ2) is 3.31. The van der Waals surface area contributed by atoms with E-state index in [-0.39, 0.29) is 5.50 Å².